The highest BCUT2D eigenvalue weighted by Gasteiger charge is 2.19. The fourth-order valence-corrected chi connectivity index (χ4v) is 3.65. The van der Waals surface area contributed by atoms with Crippen LogP contribution in [0.15, 0.2) is 34.9 Å². The Morgan fingerprint density at radius 2 is 2.10 bits per heavy atom. The first kappa shape index (κ1) is 14.9. The SMILES string of the molecule is CNCC1CCN(Cc2ccc(Br)c3cccnc23)CC1. The van der Waals surface area contributed by atoms with Gasteiger partial charge in [-0.3, -0.25) is 9.88 Å². The summed E-state index contributed by atoms with van der Waals surface area (Å²) < 4.78 is 1.13. The molecule has 0 aliphatic carbocycles. The summed E-state index contributed by atoms with van der Waals surface area (Å²) in [5.74, 6) is 0.839. The molecule has 0 bridgehead atoms. The third kappa shape index (κ3) is 3.44. The Kier molecular flexibility index (Phi) is 4.88. The van der Waals surface area contributed by atoms with Crippen LogP contribution in [0.1, 0.15) is 18.4 Å². The number of hydrogen-bond donors (Lipinski definition) is 1. The van der Waals surface area contributed by atoms with E-state index in [4.69, 9.17) is 0 Å². The lowest BCUT2D eigenvalue weighted by molar-refractivity contribution is 0.177. The summed E-state index contributed by atoms with van der Waals surface area (Å²) in [7, 11) is 2.05. The van der Waals surface area contributed by atoms with Gasteiger partial charge in [-0.05, 0) is 63.1 Å². The van der Waals surface area contributed by atoms with Crippen molar-refractivity contribution >= 4 is 26.8 Å². The summed E-state index contributed by atoms with van der Waals surface area (Å²) in [6, 6.07) is 8.49. The smallest absolute Gasteiger partial charge is 0.0758 e. The molecule has 1 aliphatic rings. The Morgan fingerprint density at radius 1 is 1.29 bits per heavy atom. The molecule has 1 aromatic heterocycles. The van der Waals surface area contributed by atoms with Crippen LogP contribution in [-0.4, -0.2) is 36.6 Å². The van der Waals surface area contributed by atoms with Crippen molar-refractivity contribution in [3.63, 3.8) is 0 Å². The van der Waals surface area contributed by atoms with E-state index in [1.165, 1.54) is 36.9 Å². The minimum Gasteiger partial charge on any atom is -0.319 e. The highest BCUT2D eigenvalue weighted by molar-refractivity contribution is 9.10. The van der Waals surface area contributed by atoms with Gasteiger partial charge in [-0.15, -0.1) is 0 Å². The van der Waals surface area contributed by atoms with Crippen molar-refractivity contribution < 1.29 is 0 Å². The van der Waals surface area contributed by atoms with E-state index < -0.39 is 0 Å². The third-order valence-corrected chi connectivity index (χ3v) is 5.09. The van der Waals surface area contributed by atoms with Gasteiger partial charge < -0.3 is 5.32 Å². The predicted octanol–water partition coefficient (Wildman–Crippen LogP) is 3.43. The van der Waals surface area contributed by atoms with E-state index in [0.717, 1.165) is 29.0 Å². The van der Waals surface area contributed by atoms with Gasteiger partial charge in [-0.2, -0.15) is 0 Å². The van der Waals surface area contributed by atoms with Crippen LogP contribution in [0, 0.1) is 5.92 Å². The second kappa shape index (κ2) is 6.86. The van der Waals surface area contributed by atoms with E-state index in [2.05, 4.69) is 49.3 Å². The Bertz CT molecular complexity index is 606. The molecule has 0 saturated carbocycles. The molecular weight excluding hydrogens is 326 g/mol. The van der Waals surface area contributed by atoms with Crippen molar-refractivity contribution in [2.24, 2.45) is 5.92 Å². The van der Waals surface area contributed by atoms with Crippen LogP contribution < -0.4 is 5.32 Å². The lowest BCUT2D eigenvalue weighted by Crippen LogP contribution is -2.36. The number of piperidine rings is 1. The number of nitrogens with one attached hydrogen (secondary N) is 1. The lowest BCUT2D eigenvalue weighted by atomic mass is 9.96. The Labute approximate surface area is 134 Å². The Morgan fingerprint density at radius 3 is 2.86 bits per heavy atom. The first-order chi connectivity index (χ1) is 10.3. The molecule has 3 nitrogen and oxygen atoms in total. The number of benzene rings is 1. The van der Waals surface area contributed by atoms with Crippen LogP contribution in [0.4, 0.5) is 0 Å². The molecule has 1 aliphatic heterocycles. The number of likely N-dealkylation sites (tertiary alicyclic amines) is 1. The average Bonchev–Trinajstić information content (AvgIpc) is 2.52. The molecule has 1 N–H and O–H groups in total. The number of nitrogens with zero attached hydrogens (tertiary/aromatic N) is 2. The van der Waals surface area contributed by atoms with Crippen molar-refractivity contribution in [3.05, 3.63) is 40.5 Å². The topological polar surface area (TPSA) is 28.2 Å². The molecule has 2 aromatic rings. The Balaban J connectivity index is 1.73. The van der Waals surface area contributed by atoms with E-state index in [-0.39, 0.29) is 0 Å². The van der Waals surface area contributed by atoms with Gasteiger partial charge in [0.2, 0.25) is 0 Å². The first-order valence-electron chi connectivity index (χ1n) is 7.67. The van der Waals surface area contributed by atoms with Crippen LogP contribution >= 0.6 is 15.9 Å². The fourth-order valence-electron chi connectivity index (χ4n) is 3.20. The molecule has 0 radical (unpaired) electrons. The minimum atomic E-state index is 0.839. The molecular formula is C17H22BrN3. The summed E-state index contributed by atoms with van der Waals surface area (Å²) in [5.41, 5.74) is 2.46. The maximum absolute atomic E-state index is 4.59. The first-order valence-corrected chi connectivity index (χ1v) is 8.46. The number of fused-ring (bicyclic) bond motifs is 1. The van der Waals surface area contributed by atoms with Gasteiger partial charge in [-0.25, -0.2) is 0 Å². The monoisotopic (exact) mass is 347 g/mol. The van der Waals surface area contributed by atoms with Crippen molar-refractivity contribution in [3.8, 4) is 0 Å². The summed E-state index contributed by atoms with van der Waals surface area (Å²) in [4.78, 5) is 7.14. The van der Waals surface area contributed by atoms with E-state index in [1.807, 2.05) is 19.3 Å². The molecule has 1 saturated heterocycles. The highest BCUT2D eigenvalue weighted by atomic mass is 79.9. The van der Waals surface area contributed by atoms with Crippen LogP contribution in [0.2, 0.25) is 0 Å². The number of pyridine rings is 1. The van der Waals surface area contributed by atoms with Crippen molar-refractivity contribution in [1.82, 2.24) is 15.2 Å². The van der Waals surface area contributed by atoms with Crippen molar-refractivity contribution in [2.45, 2.75) is 19.4 Å². The molecule has 112 valence electrons. The quantitative estimate of drug-likeness (QED) is 0.918. The fraction of sp³-hybridized carbons (Fsp3) is 0.471. The highest BCUT2D eigenvalue weighted by Crippen LogP contribution is 2.27. The zero-order valence-corrected chi connectivity index (χ0v) is 14.1. The van der Waals surface area contributed by atoms with Gasteiger partial charge in [0.05, 0.1) is 5.52 Å². The predicted molar refractivity (Wildman–Crippen MR) is 91.4 cm³/mol. The minimum absolute atomic E-state index is 0.839. The normalized spacial score (nSPS) is 17.4. The van der Waals surface area contributed by atoms with Gasteiger partial charge in [-0.1, -0.05) is 28.1 Å². The zero-order valence-electron chi connectivity index (χ0n) is 12.5. The Hall–Kier alpha value is -0.970. The third-order valence-electron chi connectivity index (χ3n) is 4.39. The molecule has 0 spiro atoms. The summed E-state index contributed by atoms with van der Waals surface area (Å²) >= 11 is 3.62. The van der Waals surface area contributed by atoms with Crippen LogP contribution in [-0.2, 0) is 6.54 Å². The maximum Gasteiger partial charge on any atom is 0.0758 e. The van der Waals surface area contributed by atoms with Gasteiger partial charge in [0.15, 0.2) is 0 Å². The molecule has 0 atom stereocenters. The van der Waals surface area contributed by atoms with Gasteiger partial charge in [0.1, 0.15) is 0 Å². The van der Waals surface area contributed by atoms with Gasteiger partial charge >= 0.3 is 0 Å². The second-order valence-electron chi connectivity index (χ2n) is 5.88. The van der Waals surface area contributed by atoms with E-state index in [0.29, 0.717) is 0 Å². The number of halogens is 1. The zero-order chi connectivity index (χ0) is 14.7. The molecule has 2 heterocycles. The van der Waals surface area contributed by atoms with Crippen molar-refractivity contribution in [1.29, 1.82) is 0 Å². The van der Waals surface area contributed by atoms with Crippen LogP contribution in [0.25, 0.3) is 10.9 Å². The van der Waals surface area contributed by atoms with Gasteiger partial charge in [0, 0.05) is 22.6 Å². The van der Waals surface area contributed by atoms with E-state index >= 15 is 0 Å². The lowest BCUT2D eigenvalue weighted by Gasteiger charge is -2.32. The van der Waals surface area contributed by atoms with Gasteiger partial charge in [0.25, 0.3) is 0 Å². The molecule has 1 fully saturated rings. The molecule has 4 heteroatoms. The largest absolute Gasteiger partial charge is 0.319 e. The van der Waals surface area contributed by atoms with Crippen molar-refractivity contribution in [2.75, 3.05) is 26.7 Å². The number of hydrogen-bond acceptors (Lipinski definition) is 3. The molecule has 0 amide bonds. The number of rotatable bonds is 4. The number of aromatic nitrogens is 1. The summed E-state index contributed by atoms with van der Waals surface area (Å²) in [5, 5.41) is 4.51. The molecule has 3 rings (SSSR count). The molecule has 0 unspecified atom stereocenters. The summed E-state index contributed by atoms with van der Waals surface area (Å²) in [6.07, 6.45) is 4.48. The van der Waals surface area contributed by atoms with Crippen LogP contribution in [0.3, 0.4) is 0 Å². The van der Waals surface area contributed by atoms with E-state index in [1.54, 1.807) is 0 Å². The summed E-state index contributed by atoms with van der Waals surface area (Å²) in [6.45, 7) is 4.54. The van der Waals surface area contributed by atoms with Crippen LogP contribution in [0.5, 0.6) is 0 Å². The maximum atomic E-state index is 4.59. The second-order valence-corrected chi connectivity index (χ2v) is 6.74. The average molecular weight is 348 g/mol. The molecule has 1 aromatic carbocycles. The van der Waals surface area contributed by atoms with E-state index in [9.17, 15) is 0 Å². The molecule has 21 heavy (non-hydrogen) atoms. The standard InChI is InChI=1S/C17H22BrN3/c1-19-11-13-6-9-21(10-7-13)12-14-4-5-16(18)15-3-2-8-20-17(14)15/h2-5,8,13,19H,6-7,9-12H2,1H3.